The van der Waals surface area contributed by atoms with Crippen molar-refractivity contribution in [2.75, 3.05) is 6.61 Å². The van der Waals surface area contributed by atoms with Crippen LogP contribution in [-0.4, -0.2) is 37.6 Å². The molecule has 0 aliphatic carbocycles. The molecule has 0 aromatic carbocycles. The van der Waals surface area contributed by atoms with Gasteiger partial charge in [0, 0.05) is 12.0 Å². The van der Waals surface area contributed by atoms with E-state index in [-0.39, 0.29) is 12.0 Å². The molecule has 0 fully saturated rings. The smallest absolute Gasteiger partial charge is 0.333 e. The van der Waals surface area contributed by atoms with Crippen molar-refractivity contribution in [3.05, 3.63) is 23.1 Å². The van der Waals surface area contributed by atoms with E-state index in [1.165, 1.54) is 6.92 Å². The summed E-state index contributed by atoms with van der Waals surface area (Å²) in [7, 11) is -5.06. The number of hydrogen-bond donors (Lipinski definition) is 1. The van der Waals surface area contributed by atoms with Gasteiger partial charge in [0.25, 0.3) is 16.2 Å². The maximum atomic E-state index is 12.3. The Morgan fingerprint density at radius 2 is 1.87 bits per heavy atom. The first-order chi connectivity index (χ1) is 10.5. The van der Waals surface area contributed by atoms with E-state index < -0.39 is 52.2 Å². The Kier molecular flexibility index (Phi) is 8.62. The summed E-state index contributed by atoms with van der Waals surface area (Å²) in [5.74, 6) is -1.54. The Bertz CT molecular complexity index is 591. The van der Waals surface area contributed by atoms with E-state index in [4.69, 9.17) is 9.29 Å². The van der Waals surface area contributed by atoms with Gasteiger partial charge in [0.15, 0.2) is 0 Å². The van der Waals surface area contributed by atoms with Crippen molar-refractivity contribution in [3.8, 4) is 0 Å². The third-order valence-corrected chi connectivity index (χ3v) is 3.57. The van der Waals surface area contributed by atoms with Crippen LogP contribution in [0.5, 0.6) is 0 Å². The lowest BCUT2D eigenvalue weighted by Gasteiger charge is -2.15. The van der Waals surface area contributed by atoms with Crippen molar-refractivity contribution in [2.45, 2.75) is 39.2 Å². The molecule has 0 amide bonds. The standard InChI is InChI=1S/C13H18F2O7S/c1-4-9(22-13(17)8(2)3)7-11(16)21-6-5-10(12(14)15)23(18,19)20/h9H,2,4-7H2,1,3H3,(H,18,19,20). The van der Waals surface area contributed by atoms with Crippen LogP contribution in [0.25, 0.3) is 0 Å². The molecule has 0 heterocycles. The fourth-order valence-corrected chi connectivity index (χ4v) is 1.88. The van der Waals surface area contributed by atoms with E-state index in [2.05, 4.69) is 11.3 Å². The van der Waals surface area contributed by atoms with Gasteiger partial charge in [-0.2, -0.15) is 17.2 Å². The zero-order valence-electron chi connectivity index (χ0n) is 12.7. The van der Waals surface area contributed by atoms with Gasteiger partial charge in [-0.1, -0.05) is 13.5 Å². The van der Waals surface area contributed by atoms with Crippen molar-refractivity contribution in [1.82, 2.24) is 0 Å². The summed E-state index contributed by atoms with van der Waals surface area (Å²) >= 11 is 0. The fourth-order valence-electron chi connectivity index (χ4n) is 1.34. The van der Waals surface area contributed by atoms with Gasteiger partial charge in [-0.25, -0.2) is 4.79 Å². The molecule has 0 aliphatic heterocycles. The fraction of sp³-hybridized carbons (Fsp3) is 0.538. The van der Waals surface area contributed by atoms with E-state index in [9.17, 15) is 26.8 Å². The van der Waals surface area contributed by atoms with Crippen LogP contribution in [-0.2, 0) is 29.2 Å². The average Bonchev–Trinajstić information content (AvgIpc) is 2.40. The van der Waals surface area contributed by atoms with Crippen LogP contribution in [0.4, 0.5) is 8.78 Å². The number of halogens is 2. The highest BCUT2D eigenvalue weighted by Crippen LogP contribution is 2.18. The number of esters is 2. The average molecular weight is 356 g/mol. The van der Waals surface area contributed by atoms with Crippen LogP contribution in [0.3, 0.4) is 0 Å². The lowest BCUT2D eigenvalue weighted by atomic mass is 10.2. The minimum atomic E-state index is -5.06. The van der Waals surface area contributed by atoms with Crippen LogP contribution in [0.2, 0.25) is 0 Å². The molecule has 0 radical (unpaired) electrons. The molecule has 7 nitrogen and oxygen atoms in total. The van der Waals surface area contributed by atoms with E-state index in [0.29, 0.717) is 6.42 Å². The normalized spacial score (nSPS) is 12.2. The SMILES string of the molecule is C=C(C)C(=O)OC(CC)CC(=O)OCCC(=C(F)F)S(=O)(=O)O. The monoisotopic (exact) mass is 356 g/mol. The third kappa shape index (κ3) is 8.41. The summed E-state index contributed by atoms with van der Waals surface area (Å²) in [4.78, 5) is 21.3. The van der Waals surface area contributed by atoms with Crippen LogP contribution in [0.15, 0.2) is 23.1 Å². The zero-order valence-corrected chi connectivity index (χ0v) is 13.5. The molecule has 23 heavy (non-hydrogen) atoms. The van der Waals surface area contributed by atoms with Crippen LogP contribution in [0, 0.1) is 0 Å². The zero-order chi connectivity index (χ0) is 18.2. The summed E-state index contributed by atoms with van der Waals surface area (Å²) in [6.07, 6.45) is -4.23. The van der Waals surface area contributed by atoms with Gasteiger partial charge in [0.2, 0.25) is 0 Å². The van der Waals surface area contributed by atoms with E-state index in [0.717, 1.165) is 0 Å². The van der Waals surface area contributed by atoms with Gasteiger partial charge in [0.1, 0.15) is 11.0 Å². The predicted molar refractivity (Wildman–Crippen MR) is 76.0 cm³/mol. The Labute approximate surface area is 132 Å². The van der Waals surface area contributed by atoms with E-state index in [1.807, 2.05) is 0 Å². The second kappa shape index (κ2) is 9.36. The minimum absolute atomic E-state index is 0.151. The molecule has 132 valence electrons. The summed E-state index contributed by atoms with van der Waals surface area (Å²) in [6.45, 7) is 5.80. The van der Waals surface area contributed by atoms with E-state index >= 15 is 0 Å². The molecule has 1 unspecified atom stereocenters. The van der Waals surface area contributed by atoms with Crippen molar-refractivity contribution < 1.29 is 40.8 Å². The molecule has 10 heteroatoms. The molecule has 1 atom stereocenters. The molecule has 0 spiro atoms. The Morgan fingerprint density at radius 3 is 2.26 bits per heavy atom. The lowest BCUT2D eigenvalue weighted by molar-refractivity contribution is -0.152. The second-order valence-electron chi connectivity index (χ2n) is 4.55. The quantitative estimate of drug-likeness (QED) is 0.383. The first kappa shape index (κ1) is 21.2. The Morgan fingerprint density at radius 1 is 1.30 bits per heavy atom. The second-order valence-corrected chi connectivity index (χ2v) is 5.99. The maximum absolute atomic E-state index is 12.3. The van der Waals surface area contributed by atoms with Crippen molar-refractivity contribution >= 4 is 22.1 Å². The topological polar surface area (TPSA) is 107 Å². The van der Waals surface area contributed by atoms with Gasteiger partial charge in [-0.3, -0.25) is 9.35 Å². The highest BCUT2D eigenvalue weighted by atomic mass is 32.2. The summed E-state index contributed by atoms with van der Waals surface area (Å²) in [6, 6.07) is 0. The predicted octanol–water partition coefficient (Wildman–Crippen LogP) is 2.20. The molecule has 0 aromatic rings. The number of carbonyl (C=O) groups excluding carboxylic acids is 2. The van der Waals surface area contributed by atoms with Crippen molar-refractivity contribution in [2.24, 2.45) is 0 Å². The van der Waals surface area contributed by atoms with Gasteiger partial charge >= 0.3 is 11.9 Å². The number of hydrogen-bond acceptors (Lipinski definition) is 6. The number of carbonyl (C=O) groups is 2. The van der Waals surface area contributed by atoms with Gasteiger partial charge in [-0.05, 0) is 13.3 Å². The van der Waals surface area contributed by atoms with E-state index in [1.54, 1.807) is 6.92 Å². The first-order valence-corrected chi connectivity index (χ1v) is 7.96. The molecule has 0 bridgehead atoms. The summed E-state index contributed by atoms with van der Waals surface area (Å²) in [5, 5.41) is 0. The van der Waals surface area contributed by atoms with Crippen LogP contribution in [0.1, 0.15) is 33.1 Å². The van der Waals surface area contributed by atoms with Crippen LogP contribution >= 0.6 is 0 Å². The third-order valence-electron chi connectivity index (χ3n) is 2.59. The van der Waals surface area contributed by atoms with Crippen LogP contribution < -0.4 is 0 Å². The van der Waals surface area contributed by atoms with Crippen molar-refractivity contribution in [1.29, 1.82) is 0 Å². The van der Waals surface area contributed by atoms with Gasteiger partial charge in [0.05, 0.1) is 13.0 Å². The van der Waals surface area contributed by atoms with Gasteiger partial charge in [-0.15, -0.1) is 0 Å². The lowest BCUT2D eigenvalue weighted by Crippen LogP contribution is -2.23. The number of rotatable bonds is 9. The molecule has 0 saturated heterocycles. The minimum Gasteiger partial charge on any atom is -0.465 e. The molecule has 0 aromatic heterocycles. The molecular formula is C13H18F2O7S. The van der Waals surface area contributed by atoms with Crippen molar-refractivity contribution in [3.63, 3.8) is 0 Å². The first-order valence-electron chi connectivity index (χ1n) is 6.52. The Balaban J connectivity index is 4.48. The molecular weight excluding hydrogens is 338 g/mol. The molecule has 0 rings (SSSR count). The Hall–Kier alpha value is -1.81. The number of ether oxygens (including phenoxy) is 2. The maximum Gasteiger partial charge on any atom is 0.333 e. The molecule has 0 saturated carbocycles. The summed E-state index contributed by atoms with van der Waals surface area (Å²) < 4.78 is 64.1. The highest BCUT2D eigenvalue weighted by Gasteiger charge is 2.22. The molecule has 1 N–H and O–H groups in total. The largest absolute Gasteiger partial charge is 0.465 e. The molecule has 0 aliphatic rings. The highest BCUT2D eigenvalue weighted by molar-refractivity contribution is 7.89. The summed E-state index contributed by atoms with van der Waals surface area (Å²) in [5.41, 5.74) is 0.151. The van der Waals surface area contributed by atoms with Gasteiger partial charge < -0.3 is 9.47 Å².